The molecule has 0 spiro atoms. The Bertz CT molecular complexity index is 982. The highest BCUT2D eigenvalue weighted by Crippen LogP contribution is 2.37. The van der Waals surface area contributed by atoms with Crippen LogP contribution in [-0.2, 0) is 16.1 Å². The van der Waals surface area contributed by atoms with Crippen LogP contribution in [0, 0.1) is 29.1 Å². The standard InChI is InChI=1S/C21H16F5NO3/c22-16-15(17(23)19(25)20(26)18(16)24)12-6-13-9-29-10-14(7-12)27(13)21(28)30-8-11-4-2-1-3-5-11/h1-6,13-14H,7-10H2. The lowest BCUT2D eigenvalue weighted by Crippen LogP contribution is -2.56. The Kier molecular flexibility index (Phi) is 5.46. The van der Waals surface area contributed by atoms with E-state index in [9.17, 15) is 26.7 Å². The van der Waals surface area contributed by atoms with Gasteiger partial charge in [-0.3, -0.25) is 4.90 Å². The molecule has 0 aromatic heterocycles. The second-order valence-electron chi connectivity index (χ2n) is 7.05. The maximum atomic E-state index is 14.2. The van der Waals surface area contributed by atoms with E-state index in [1.165, 1.54) is 11.0 Å². The normalized spacial score (nSPS) is 20.7. The van der Waals surface area contributed by atoms with Gasteiger partial charge < -0.3 is 9.47 Å². The van der Waals surface area contributed by atoms with Crippen LogP contribution in [0.5, 0.6) is 0 Å². The molecule has 4 nitrogen and oxygen atoms in total. The first-order valence-corrected chi connectivity index (χ1v) is 9.17. The molecule has 2 aromatic carbocycles. The molecule has 1 amide bonds. The molecule has 2 aliphatic rings. The Hall–Kier alpha value is -2.94. The number of hydrogen-bond acceptors (Lipinski definition) is 3. The van der Waals surface area contributed by atoms with E-state index in [-0.39, 0.29) is 31.8 Å². The summed E-state index contributed by atoms with van der Waals surface area (Å²) in [6, 6.07) is 7.57. The van der Waals surface area contributed by atoms with E-state index in [0.717, 1.165) is 5.56 Å². The summed E-state index contributed by atoms with van der Waals surface area (Å²) in [6.07, 6.45) is 0.498. The number of carbonyl (C=O) groups is 1. The second-order valence-corrected chi connectivity index (χ2v) is 7.05. The van der Waals surface area contributed by atoms with Crippen molar-refractivity contribution in [2.75, 3.05) is 13.2 Å². The minimum atomic E-state index is -2.21. The summed E-state index contributed by atoms with van der Waals surface area (Å²) in [5.41, 5.74) is -0.254. The third-order valence-corrected chi connectivity index (χ3v) is 5.15. The summed E-state index contributed by atoms with van der Waals surface area (Å²) in [7, 11) is 0. The molecule has 2 unspecified atom stereocenters. The van der Waals surface area contributed by atoms with Crippen LogP contribution in [0.4, 0.5) is 26.7 Å². The molecule has 1 fully saturated rings. The van der Waals surface area contributed by atoms with Crippen LogP contribution in [0.15, 0.2) is 36.4 Å². The largest absolute Gasteiger partial charge is 0.445 e. The third-order valence-electron chi connectivity index (χ3n) is 5.15. The maximum absolute atomic E-state index is 14.2. The molecule has 158 valence electrons. The molecule has 2 aromatic rings. The van der Waals surface area contributed by atoms with Crippen LogP contribution in [-0.4, -0.2) is 36.3 Å². The van der Waals surface area contributed by atoms with Gasteiger partial charge in [-0.15, -0.1) is 0 Å². The van der Waals surface area contributed by atoms with Gasteiger partial charge in [-0.2, -0.15) is 0 Å². The van der Waals surface area contributed by atoms with Crippen molar-refractivity contribution in [1.82, 2.24) is 4.90 Å². The predicted octanol–water partition coefficient (Wildman–Crippen LogP) is 4.58. The average Bonchev–Trinajstić information content (AvgIpc) is 2.75. The Morgan fingerprint density at radius 3 is 2.23 bits per heavy atom. The average molecular weight is 425 g/mol. The van der Waals surface area contributed by atoms with Gasteiger partial charge in [0.2, 0.25) is 5.82 Å². The highest BCUT2D eigenvalue weighted by Gasteiger charge is 2.41. The van der Waals surface area contributed by atoms with Gasteiger partial charge in [0, 0.05) is 0 Å². The molecular weight excluding hydrogens is 409 g/mol. The third kappa shape index (κ3) is 3.54. The van der Waals surface area contributed by atoms with Gasteiger partial charge in [0.15, 0.2) is 23.3 Å². The quantitative estimate of drug-likeness (QED) is 0.411. The van der Waals surface area contributed by atoms with Gasteiger partial charge in [0.1, 0.15) is 6.61 Å². The number of amides is 1. The van der Waals surface area contributed by atoms with E-state index in [0.29, 0.717) is 0 Å². The first-order valence-electron chi connectivity index (χ1n) is 9.17. The van der Waals surface area contributed by atoms with Gasteiger partial charge in [-0.25, -0.2) is 26.7 Å². The zero-order valence-corrected chi connectivity index (χ0v) is 15.5. The molecular formula is C21H16F5NO3. The van der Waals surface area contributed by atoms with Crippen molar-refractivity contribution in [2.24, 2.45) is 0 Å². The van der Waals surface area contributed by atoms with E-state index in [1.807, 2.05) is 6.07 Å². The molecule has 2 bridgehead atoms. The summed E-state index contributed by atoms with van der Waals surface area (Å²) in [5, 5.41) is 0. The molecule has 4 rings (SSSR count). The SMILES string of the molecule is O=C(OCc1ccccc1)N1C2C=C(c3c(F)c(F)c(F)c(F)c3F)CC1COC2. The number of benzene rings is 2. The number of nitrogens with zero attached hydrogens (tertiary/aromatic N) is 1. The molecule has 0 saturated carbocycles. The van der Waals surface area contributed by atoms with E-state index >= 15 is 0 Å². The minimum absolute atomic E-state index is 0.00976. The van der Waals surface area contributed by atoms with Crippen molar-refractivity contribution in [2.45, 2.75) is 25.1 Å². The van der Waals surface area contributed by atoms with Gasteiger partial charge in [-0.1, -0.05) is 36.4 Å². The summed E-state index contributed by atoms with van der Waals surface area (Å²) in [5.74, 6) is -10.00. The van der Waals surface area contributed by atoms with Crippen molar-refractivity contribution < 1.29 is 36.2 Å². The molecule has 0 aliphatic carbocycles. The first kappa shape index (κ1) is 20.3. The predicted molar refractivity (Wildman–Crippen MR) is 95.7 cm³/mol. The highest BCUT2D eigenvalue weighted by atomic mass is 19.2. The van der Waals surface area contributed by atoms with Crippen LogP contribution in [0.3, 0.4) is 0 Å². The smallest absolute Gasteiger partial charge is 0.411 e. The van der Waals surface area contributed by atoms with Crippen LogP contribution < -0.4 is 0 Å². The Morgan fingerprint density at radius 1 is 0.967 bits per heavy atom. The number of rotatable bonds is 3. The monoisotopic (exact) mass is 425 g/mol. The van der Waals surface area contributed by atoms with Gasteiger partial charge in [-0.05, 0) is 17.6 Å². The van der Waals surface area contributed by atoms with Crippen molar-refractivity contribution in [3.8, 4) is 0 Å². The zero-order valence-electron chi connectivity index (χ0n) is 15.5. The van der Waals surface area contributed by atoms with E-state index in [4.69, 9.17) is 9.47 Å². The topological polar surface area (TPSA) is 38.8 Å². The highest BCUT2D eigenvalue weighted by molar-refractivity contribution is 5.75. The molecule has 30 heavy (non-hydrogen) atoms. The van der Waals surface area contributed by atoms with Crippen molar-refractivity contribution in [3.05, 3.63) is 76.6 Å². The zero-order chi connectivity index (χ0) is 21.4. The Morgan fingerprint density at radius 2 is 1.60 bits per heavy atom. The van der Waals surface area contributed by atoms with E-state index in [1.54, 1.807) is 24.3 Å². The number of hydrogen-bond donors (Lipinski definition) is 0. The molecule has 1 saturated heterocycles. The fourth-order valence-corrected chi connectivity index (χ4v) is 3.75. The summed E-state index contributed by atoms with van der Waals surface area (Å²) in [4.78, 5) is 14.0. The lowest BCUT2D eigenvalue weighted by atomic mass is 9.89. The lowest BCUT2D eigenvalue weighted by Gasteiger charge is -2.43. The lowest BCUT2D eigenvalue weighted by molar-refractivity contribution is -0.0342. The van der Waals surface area contributed by atoms with Gasteiger partial charge in [0.05, 0.1) is 30.9 Å². The number of morpholine rings is 1. The number of halogens is 5. The summed E-state index contributed by atoms with van der Waals surface area (Å²) >= 11 is 0. The van der Waals surface area contributed by atoms with Crippen LogP contribution in [0.25, 0.3) is 5.57 Å². The molecule has 0 radical (unpaired) electrons. The van der Waals surface area contributed by atoms with Crippen LogP contribution >= 0.6 is 0 Å². The van der Waals surface area contributed by atoms with Crippen molar-refractivity contribution >= 4 is 11.7 Å². The Balaban J connectivity index is 1.61. The van der Waals surface area contributed by atoms with Gasteiger partial charge in [0.25, 0.3) is 0 Å². The fourth-order valence-electron chi connectivity index (χ4n) is 3.75. The molecule has 0 N–H and O–H groups in total. The van der Waals surface area contributed by atoms with Crippen molar-refractivity contribution in [1.29, 1.82) is 0 Å². The van der Waals surface area contributed by atoms with Crippen molar-refractivity contribution in [3.63, 3.8) is 0 Å². The Labute approximate surface area is 168 Å². The number of ether oxygens (including phenoxy) is 2. The fraction of sp³-hybridized carbons (Fsp3) is 0.286. The molecule has 9 heteroatoms. The van der Waals surface area contributed by atoms with E-state index in [2.05, 4.69) is 0 Å². The number of fused-ring (bicyclic) bond motifs is 2. The summed E-state index contributed by atoms with van der Waals surface area (Å²) in [6.45, 7) is 0.0875. The van der Waals surface area contributed by atoms with Gasteiger partial charge >= 0.3 is 6.09 Å². The van der Waals surface area contributed by atoms with E-state index < -0.39 is 52.8 Å². The summed E-state index contributed by atoms with van der Waals surface area (Å²) < 4.78 is 79.8. The number of carbonyl (C=O) groups excluding carboxylic acids is 1. The second kappa shape index (κ2) is 8.06. The molecule has 2 atom stereocenters. The van der Waals surface area contributed by atoms with Crippen LogP contribution in [0.2, 0.25) is 0 Å². The van der Waals surface area contributed by atoms with Crippen LogP contribution in [0.1, 0.15) is 17.5 Å². The minimum Gasteiger partial charge on any atom is -0.445 e. The molecule has 2 aliphatic heterocycles. The first-order chi connectivity index (χ1) is 14.4. The molecule has 2 heterocycles. The maximum Gasteiger partial charge on any atom is 0.411 e.